The van der Waals surface area contributed by atoms with Gasteiger partial charge in [-0.3, -0.25) is 14.9 Å². The predicted molar refractivity (Wildman–Crippen MR) is 113 cm³/mol. The van der Waals surface area contributed by atoms with Crippen LogP contribution in [0.3, 0.4) is 0 Å². The number of benzene rings is 2. The fourth-order valence-corrected chi connectivity index (χ4v) is 2.90. The molecule has 0 aliphatic carbocycles. The van der Waals surface area contributed by atoms with Gasteiger partial charge in [0, 0.05) is 29.2 Å². The Hall–Kier alpha value is -3.75. The largest absolute Gasteiger partial charge is 0.456 e. The Morgan fingerprint density at radius 2 is 1.87 bits per heavy atom. The van der Waals surface area contributed by atoms with Gasteiger partial charge in [0.05, 0.1) is 11.6 Å². The summed E-state index contributed by atoms with van der Waals surface area (Å²) in [7, 11) is 0. The summed E-state index contributed by atoms with van der Waals surface area (Å²) in [5.74, 6) is 1.92. The minimum absolute atomic E-state index is 0.288. The standard InChI is InChI=1S/C21H17ClN6O2/c22-17-11-14(3-6-18(17)30-16-7-9-24-10-8-16)21(29)25-15-4-1-13(2-5-15)20-26-19(12-23)27-28-20/h1-11H,12,23H2,(H,25,29)(H,26,27,28). The van der Waals surface area contributed by atoms with Gasteiger partial charge in [-0.25, -0.2) is 4.98 Å². The molecule has 0 saturated heterocycles. The van der Waals surface area contributed by atoms with Crippen LogP contribution in [-0.4, -0.2) is 26.1 Å². The number of hydrogen-bond acceptors (Lipinski definition) is 6. The average Bonchev–Trinajstić information content (AvgIpc) is 3.26. The highest BCUT2D eigenvalue weighted by Gasteiger charge is 2.11. The molecule has 8 nitrogen and oxygen atoms in total. The number of rotatable bonds is 6. The van der Waals surface area contributed by atoms with Crippen molar-refractivity contribution in [1.82, 2.24) is 20.2 Å². The van der Waals surface area contributed by atoms with Crippen molar-refractivity contribution in [2.24, 2.45) is 5.73 Å². The molecule has 30 heavy (non-hydrogen) atoms. The number of halogens is 1. The molecule has 0 spiro atoms. The van der Waals surface area contributed by atoms with Crippen molar-refractivity contribution in [1.29, 1.82) is 0 Å². The molecule has 9 heteroatoms. The van der Waals surface area contributed by atoms with Gasteiger partial charge in [-0.2, -0.15) is 5.10 Å². The number of nitrogens with one attached hydrogen (secondary N) is 2. The van der Waals surface area contributed by atoms with Crippen molar-refractivity contribution < 1.29 is 9.53 Å². The Morgan fingerprint density at radius 3 is 2.53 bits per heavy atom. The highest BCUT2D eigenvalue weighted by atomic mass is 35.5. The molecule has 0 aliphatic rings. The molecular formula is C21H17ClN6O2. The number of carbonyl (C=O) groups is 1. The van der Waals surface area contributed by atoms with Gasteiger partial charge in [0.25, 0.3) is 5.91 Å². The first kappa shape index (κ1) is 19.6. The van der Waals surface area contributed by atoms with Crippen LogP contribution in [0.25, 0.3) is 11.4 Å². The Morgan fingerprint density at radius 1 is 1.10 bits per heavy atom. The van der Waals surface area contributed by atoms with Crippen LogP contribution in [-0.2, 0) is 6.54 Å². The number of hydrogen-bond donors (Lipinski definition) is 3. The Labute approximate surface area is 177 Å². The van der Waals surface area contributed by atoms with Crippen LogP contribution in [0, 0.1) is 0 Å². The molecule has 4 aromatic rings. The third-order valence-electron chi connectivity index (χ3n) is 4.20. The fraction of sp³-hybridized carbons (Fsp3) is 0.0476. The first-order valence-corrected chi connectivity index (χ1v) is 9.41. The third-order valence-corrected chi connectivity index (χ3v) is 4.49. The zero-order chi connectivity index (χ0) is 20.9. The van der Waals surface area contributed by atoms with E-state index in [9.17, 15) is 4.79 Å². The molecule has 1 amide bonds. The maximum Gasteiger partial charge on any atom is 0.255 e. The third kappa shape index (κ3) is 4.45. The lowest BCUT2D eigenvalue weighted by Gasteiger charge is -2.10. The van der Waals surface area contributed by atoms with Gasteiger partial charge in [0.2, 0.25) is 0 Å². The molecule has 0 aliphatic heterocycles. The number of anilines is 1. The molecule has 4 rings (SSSR count). The molecule has 0 radical (unpaired) electrons. The molecule has 0 bridgehead atoms. The van der Waals surface area contributed by atoms with E-state index >= 15 is 0 Å². The molecule has 0 atom stereocenters. The smallest absolute Gasteiger partial charge is 0.255 e. The van der Waals surface area contributed by atoms with E-state index in [1.807, 2.05) is 12.1 Å². The summed E-state index contributed by atoms with van der Waals surface area (Å²) in [6.45, 7) is 0.288. The predicted octanol–water partition coefficient (Wildman–Crippen LogP) is 4.02. The van der Waals surface area contributed by atoms with E-state index < -0.39 is 0 Å². The van der Waals surface area contributed by atoms with Gasteiger partial charge in [0.15, 0.2) is 5.82 Å². The van der Waals surface area contributed by atoms with E-state index in [0.717, 1.165) is 5.56 Å². The molecule has 2 aromatic carbocycles. The number of aromatic amines is 1. The van der Waals surface area contributed by atoms with E-state index in [4.69, 9.17) is 22.1 Å². The molecule has 0 fully saturated rings. The normalized spacial score (nSPS) is 10.6. The Balaban J connectivity index is 1.44. The molecule has 0 unspecified atom stereocenters. The van der Waals surface area contributed by atoms with Gasteiger partial charge < -0.3 is 15.8 Å². The second kappa shape index (κ2) is 8.73. The van der Waals surface area contributed by atoms with E-state index in [1.54, 1.807) is 54.9 Å². The summed E-state index contributed by atoms with van der Waals surface area (Å²) in [6, 6.07) is 15.5. The van der Waals surface area contributed by atoms with Crippen LogP contribution in [0.1, 0.15) is 16.2 Å². The van der Waals surface area contributed by atoms with Crippen LogP contribution in [0.5, 0.6) is 11.5 Å². The zero-order valence-corrected chi connectivity index (χ0v) is 16.4. The van der Waals surface area contributed by atoms with Crippen molar-refractivity contribution in [2.45, 2.75) is 6.54 Å². The number of aromatic nitrogens is 4. The molecule has 2 aromatic heterocycles. The van der Waals surface area contributed by atoms with Crippen LogP contribution in [0.4, 0.5) is 5.69 Å². The summed E-state index contributed by atoms with van der Waals surface area (Å²) < 4.78 is 5.70. The van der Waals surface area contributed by atoms with Crippen molar-refractivity contribution >= 4 is 23.2 Å². The first-order chi connectivity index (χ1) is 14.6. The number of nitrogens with two attached hydrogens (primary N) is 1. The van der Waals surface area contributed by atoms with E-state index in [1.165, 1.54) is 0 Å². The number of H-pyrrole nitrogens is 1. The number of ether oxygens (including phenoxy) is 1. The Kier molecular flexibility index (Phi) is 5.69. The zero-order valence-electron chi connectivity index (χ0n) is 15.7. The summed E-state index contributed by atoms with van der Waals surface area (Å²) in [6.07, 6.45) is 3.24. The van der Waals surface area contributed by atoms with E-state index in [-0.39, 0.29) is 12.5 Å². The van der Waals surface area contributed by atoms with Crippen LogP contribution in [0.15, 0.2) is 67.0 Å². The SMILES string of the molecule is NCc1nc(-c2ccc(NC(=O)c3ccc(Oc4ccncc4)c(Cl)c3)cc2)n[nH]1. The van der Waals surface area contributed by atoms with E-state index in [2.05, 4.69) is 25.5 Å². The summed E-state index contributed by atoms with van der Waals surface area (Å²) in [5.41, 5.74) is 7.38. The number of pyridine rings is 1. The number of amides is 1. The lowest BCUT2D eigenvalue weighted by atomic mass is 10.1. The minimum atomic E-state index is -0.288. The summed E-state index contributed by atoms with van der Waals surface area (Å²) in [4.78, 5) is 20.8. The van der Waals surface area contributed by atoms with Gasteiger partial charge in [-0.05, 0) is 54.6 Å². The second-order valence-corrected chi connectivity index (χ2v) is 6.68. The van der Waals surface area contributed by atoms with Crippen LogP contribution in [0.2, 0.25) is 5.02 Å². The quantitative estimate of drug-likeness (QED) is 0.433. The number of carbonyl (C=O) groups excluding carboxylic acids is 1. The Bertz CT molecular complexity index is 1160. The second-order valence-electron chi connectivity index (χ2n) is 6.27. The molecule has 150 valence electrons. The molecule has 4 N–H and O–H groups in total. The highest BCUT2D eigenvalue weighted by Crippen LogP contribution is 2.30. The lowest BCUT2D eigenvalue weighted by Crippen LogP contribution is -2.11. The van der Waals surface area contributed by atoms with Crippen LogP contribution >= 0.6 is 11.6 Å². The lowest BCUT2D eigenvalue weighted by molar-refractivity contribution is 0.102. The van der Waals surface area contributed by atoms with E-state index in [0.29, 0.717) is 39.4 Å². The maximum atomic E-state index is 12.6. The first-order valence-electron chi connectivity index (χ1n) is 9.03. The van der Waals surface area contributed by atoms with Crippen molar-refractivity contribution in [3.05, 3.63) is 83.4 Å². The maximum absolute atomic E-state index is 12.6. The van der Waals surface area contributed by atoms with Gasteiger partial charge in [-0.15, -0.1) is 0 Å². The van der Waals surface area contributed by atoms with Gasteiger partial charge in [0.1, 0.15) is 17.3 Å². The minimum Gasteiger partial charge on any atom is -0.456 e. The van der Waals surface area contributed by atoms with Crippen LogP contribution < -0.4 is 15.8 Å². The topological polar surface area (TPSA) is 119 Å². The van der Waals surface area contributed by atoms with Crippen molar-refractivity contribution in [3.8, 4) is 22.9 Å². The van der Waals surface area contributed by atoms with Gasteiger partial charge in [-0.1, -0.05) is 11.6 Å². The van der Waals surface area contributed by atoms with Crippen molar-refractivity contribution in [2.75, 3.05) is 5.32 Å². The number of nitrogens with zero attached hydrogens (tertiary/aromatic N) is 3. The molecule has 0 saturated carbocycles. The monoisotopic (exact) mass is 420 g/mol. The molecule has 2 heterocycles. The van der Waals surface area contributed by atoms with Crippen molar-refractivity contribution in [3.63, 3.8) is 0 Å². The summed E-state index contributed by atoms with van der Waals surface area (Å²) in [5, 5.41) is 10.0. The fourth-order valence-electron chi connectivity index (χ4n) is 2.68. The average molecular weight is 421 g/mol. The van der Waals surface area contributed by atoms with Gasteiger partial charge >= 0.3 is 0 Å². The summed E-state index contributed by atoms with van der Waals surface area (Å²) >= 11 is 6.28. The molecular weight excluding hydrogens is 404 g/mol. The highest BCUT2D eigenvalue weighted by molar-refractivity contribution is 6.32.